The smallest absolute Gasteiger partial charge is 0.264 e. The Kier molecular flexibility index (Phi) is 5.38. The van der Waals surface area contributed by atoms with E-state index in [1.54, 1.807) is 24.2 Å². The van der Waals surface area contributed by atoms with Crippen molar-refractivity contribution >= 4 is 16.9 Å². The molecule has 0 unspecified atom stereocenters. The third-order valence-electron chi connectivity index (χ3n) is 5.54. The fourth-order valence-electron chi connectivity index (χ4n) is 3.82. The molecule has 3 rings (SSSR count). The molecule has 2 atom stereocenters. The Bertz CT molecular complexity index is 905. The molecule has 0 radical (unpaired) electrons. The van der Waals surface area contributed by atoms with E-state index in [0.29, 0.717) is 18.2 Å². The lowest BCUT2D eigenvalue weighted by molar-refractivity contribution is -0.0641. The Balaban J connectivity index is 2.05. The summed E-state index contributed by atoms with van der Waals surface area (Å²) in [5.41, 5.74) is -0.250. The summed E-state index contributed by atoms with van der Waals surface area (Å²) in [7, 11) is 1.66. The summed E-state index contributed by atoms with van der Waals surface area (Å²) in [4.78, 5) is 32.5. The van der Waals surface area contributed by atoms with Gasteiger partial charge in [0.05, 0.1) is 12.6 Å². The van der Waals surface area contributed by atoms with Crippen molar-refractivity contribution < 1.29 is 9.53 Å². The zero-order valence-electron chi connectivity index (χ0n) is 16.9. The van der Waals surface area contributed by atoms with Crippen LogP contribution in [0.1, 0.15) is 57.3 Å². The molecule has 2 aromatic heterocycles. The minimum atomic E-state index is -0.684. The lowest BCUT2D eigenvalue weighted by atomic mass is 9.99. The van der Waals surface area contributed by atoms with Crippen LogP contribution in [0.25, 0.3) is 11.0 Å². The molecule has 0 saturated carbocycles. The van der Waals surface area contributed by atoms with Gasteiger partial charge in [-0.05, 0) is 50.3 Å². The highest BCUT2D eigenvalue weighted by Gasteiger charge is 2.46. The largest absolute Gasteiger partial charge is 0.354 e. The number of carbonyl (C=O) groups excluding carboxylic acids is 1. The Morgan fingerprint density at radius 1 is 1.44 bits per heavy atom. The summed E-state index contributed by atoms with van der Waals surface area (Å²) < 4.78 is 7.54. The first-order valence-corrected chi connectivity index (χ1v) is 9.71. The molecule has 1 fully saturated rings. The number of ether oxygens (including phenoxy) is 1. The number of pyridine rings is 2. The van der Waals surface area contributed by atoms with Gasteiger partial charge in [-0.3, -0.25) is 14.2 Å². The fraction of sp³-hybridized carbons (Fsp3) is 0.571. The summed E-state index contributed by atoms with van der Waals surface area (Å²) in [6.45, 7) is 8.84. The molecule has 6 heteroatoms. The monoisotopic (exact) mass is 371 g/mol. The normalized spacial score (nSPS) is 22.7. The number of fused-ring (bicyclic) bond motifs is 1. The van der Waals surface area contributed by atoms with Gasteiger partial charge in [0.2, 0.25) is 0 Å². The van der Waals surface area contributed by atoms with Gasteiger partial charge in [-0.2, -0.15) is 0 Å². The van der Waals surface area contributed by atoms with Crippen molar-refractivity contribution in [2.24, 2.45) is 13.0 Å². The Hall–Kier alpha value is -2.21. The molecule has 1 aliphatic rings. The molecule has 0 aliphatic carbocycles. The molecular formula is C21H29N3O3. The van der Waals surface area contributed by atoms with Gasteiger partial charge in [0.25, 0.3) is 11.5 Å². The van der Waals surface area contributed by atoms with Crippen LogP contribution in [0.3, 0.4) is 0 Å². The molecule has 2 aromatic rings. The Morgan fingerprint density at radius 3 is 2.85 bits per heavy atom. The van der Waals surface area contributed by atoms with E-state index in [1.165, 1.54) is 4.57 Å². The van der Waals surface area contributed by atoms with Crippen LogP contribution in [0.15, 0.2) is 29.2 Å². The highest BCUT2D eigenvalue weighted by atomic mass is 16.5. The van der Waals surface area contributed by atoms with Crippen molar-refractivity contribution in [3.63, 3.8) is 0 Å². The number of hydrogen-bond donors (Lipinski definition) is 0. The first-order valence-electron chi connectivity index (χ1n) is 9.71. The first-order chi connectivity index (χ1) is 12.8. The average Bonchev–Trinajstić information content (AvgIpc) is 2.99. The van der Waals surface area contributed by atoms with Crippen molar-refractivity contribution in [3.05, 3.63) is 40.3 Å². The molecule has 146 valence electrons. The number of hydrogen-bond acceptors (Lipinski definition) is 4. The van der Waals surface area contributed by atoms with Gasteiger partial charge in [0.1, 0.15) is 16.9 Å². The second-order valence-corrected chi connectivity index (χ2v) is 7.99. The van der Waals surface area contributed by atoms with E-state index in [4.69, 9.17) is 4.74 Å². The highest BCUT2D eigenvalue weighted by Crippen LogP contribution is 2.35. The van der Waals surface area contributed by atoms with Crippen LogP contribution in [0.4, 0.5) is 0 Å². The van der Waals surface area contributed by atoms with Gasteiger partial charge in [0, 0.05) is 18.6 Å². The summed E-state index contributed by atoms with van der Waals surface area (Å²) in [6.07, 6.45) is 4.14. The first kappa shape index (κ1) is 19.5. The highest BCUT2D eigenvalue weighted by molar-refractivity contribution is 5.97. The molecule has 1 amide bonds. The van der Waals surface area contributed by atoms with E-state index < -0.39 is 5.72 Å². The van der Waals surface area contributed by atoms with E-state index >= 15 is 0 Å². The third kappa shape index (κ3) is 3.50. The van der Waals surface area contributed by atoms with Gasteiger partial charge in [-0.25, -0.2) is 4.98 Å². The lowest BCUT2D eigenvalue weighted by Crippen LogP contribution is -2.51. The SMILES string of the molecule is CC[C@@H]1CO[C@](C)(CCC(C)C)N1C(=O)c1cc2cccnc2n(C)c1=O. The molecule has 6 nitrogen and oxygen atoms in total. The van der Waals surface area contributed by atoms with Gasteiger partial charge < -0.3 is 9.64 Å². The van der Waals surface area contributed by atoms with E-state index in [9.17, 15) is 9.59 Å². The van der Waals surface area contributed by atoms with Crippen LogP contribution >= 0.6 is 0 Å². The maximum atomic E-state index is 13.5. The number of rotatable bonds is 5. The van der Waals surface area contributed by atoms with E-state index in [1.807, 2.05) is 26.0 Å². The number of aryl methyl sites for hydroxylation is 1. The van der Waals surface area contributed by atoms with E-state index in [2.05, 4.69) is 18.8 Å². The molecule has 1 saturated heterocycles. The van der Waals surface area contributed by atoms with Crippen LogP contribution in [-0.4, -0.2) is 38.7 Å². The summed E-state index contributed by atoms with van der Waals surface area (Å²) in [5, 5.41) is 0.778. The van der Waals surface area contributed by atoms with Gasteiger partial charge in [-0.1, -0.05) is 20.8 Å². The zero-order valence-corrected chi connectivity index (χ0v) is 16.9. The van der Waals surface area contributed by atoms with Crippen LogP contribution in [0.5, 0.6) is 0 Å². The van der Waals surface area contributed by atoms with Crippen molar-refractivity contribution in [2.75, 3.05) is 6.61 Å². The van der Waals surface area contributed by atoms with Crippen LogP contribution in [-0.2, 0) is 11.8 Å². The average molecular weight is 371 g/mol. The predicted molar refractivity (Wildman–Crippen MR) is 106 cm³/mol. The standard InChI is InChI=1S/C21H29N3O3/c1-6-16-13-27-21(4,10-9-14(2)3)24(16)20(26)17-12-15-8-7-11-22-18(15)23(5)19(17)25/h7-8,11-12,14,16H,6,9-10,13H2,1-5H3/t16-,21-/m1/s1. The van der Waals surface area contributed by atoms with Gasteiger partial charge in [0.15, 0.2) is 0 Å². The molecule has 0 N–H and O–H groups in total. The molecule has 0 spiro atoms. The number of nitrogens with zero attached hydrogens (tertiary/aromatic N) is 3. The van der Waals surface area contributed by atoms with Crippen LogP contribution < -0.4 is 5.56 Å². The summed E-state index contributed by atoms with van der Waals surface area (Å²) in [6, 6.07) is 5.32. The second kappa shape index (κ2) is 7.43. The second-order valence-electron chi connectivity index (χ2n) is 7.99. The minimum absolute atomic E-state index is 0.0241. The minimum Gasteiger partial charge on any atom is -0.354 e. The zero-order chi connectivity index (χ0) is 19.8. The molecule has 0 aromatic carbocycles. The Morgan fingerprint density at radius 2 is 2.19 bits per heavy atom. The molecular weight excluding hydrogens is 342 g/mol. The van der Waals surface area contributed by atoms with E-state index in [0.717, 1.165) is 24.6 Å². The van der Waals surface area contributed by atoms with Crippen LogP contribution in [0.2, 0.25) is 0 Å². The molecule has 0 bridgehead atoms. The third-order valence-corrected chi connectivity index (χ3v) is 5.54. The van der Waals surface area contributed by atoms with Gasteiger partial charge in [-0.15, -0.1) is 0 Å². The topological polar surface area (TPSA) is 64.4 Å². The van der Waals surface area contributed by atoms with Crippen molar-refractivity contribution in [1.82, 2.24) is 14.5 Å². The van der Waals surface area contributed by atoms with Gasteiger partial charge >= 0.3 is 0 Å². The Labute approximate surface area is 160 Å². The molecule has 1 aliphatic heterocycles. The van der Waals surface area contributed by atoms with Crippen molar-refractivity contribution in [1.29, 1.82) is 0 Å². The fourth-order valence-corrected chi connectivity index (χ4v) is 3.82. The predicted octanol–water partition coefficient (Wildman–Crippen LogP) is 3.34. The maximum Gasteiger partial charge on any atom is 0.264 e. The van der Waals surface area contributed by atoms with Crippen LogP contribution in [0, 0.1) is 5.92 Å². The van der Waals surface area contributed by atoms with Crippen molar-refractivity contribution in [3.8, 4) is 0 Å². The van der Waals surface area contributed by atoms with Crippen molar-refractivity contribution in [2.45, 2.75) is 58.7 Å². The summed E-state index contributed by atoms with van der Waals surface area (Å²) in [5.74, 6) is 0.264. The maximum absolute atomic E-state index is 13.5. The number of carbonyl (C=O) groups is 1. The number of aromatic nitrogens is 2. The number of amides is 1. The van der Waals surface area contributed by atoms with E-state index in [-0.39, 0.29) is 23.1 Å². The quantitative estimate of drug-likeness (QED) is 0.809. The molecule has 3 heterocycles. The molecule has 27 heavy (non-hydrogen) atoms. The summed E-state index contributed by atoms with van der Waals surface area (Å²) >= 11 is 0. The lowest BCUT2D eigenvalue weighted by Gasteiger charge is -2.37.